The molecule has 0 aromatic heterocycles. The summed E-state index contributed by atoms with van der Waals surface area (Å²) in [4.78, 5) is 24.4. The SMILES string of the molecule is CC1O[C@@H](OCC2C(CO[C@@H]3OC(C(=O)O)[C@@H](COC[C@H]4OC(CO)[C@@H](O)C(CO[C@@H]5OC(C)[C@@H](O)C(OS(=O)(=O)O)C5O)C4CO[C@@H]4OC(C(=O)O)=CC(O)C4O)C(O)C3O)[C@H](O)OC(CO)[C@H]2O)C(O)C(OS(=O)(=O)O)[C@@H]1O. The highest BCUT2D eigenvalue weighted by Gasteiger charge is 2.54. The Hall–Kier alpha value is -2.70. The van der Waals surface area contributed by atoms with Crippen LogP contribution >= 0.6 is 0 Å². The molecule has 6 aliphatic rings. The number of carboxylic acid groups (broad SMARTS) is 2. The van der Waals surface area contributed by atoms with Crippen LogP contribution in [0.2, 0.25) is 0 Å². The first-order valence-electron chi connectivity index (χ1n) is 24.6. The summed E-state index contributed by atoms with van der Waals surface area (Å²) in [6, 6.07) is 0. The number of carbonyl (C=O) groups is 2. The summed E-state index contributed by atoms with van der Waals surface area (Å²) in [5.41, 5.74) is 0. The van der Waals surface area contributed by atoms with E-state index in [4.69, 9.17) is 52.1 Å². The van der Waals surface area contributed by atoms with Gasteiger partial charge in [-0.3, -0.25) is 9.11 Å². The molecule has 36 nitrogen and oxygen atoms in total. The standard InChI is InChI=1S/C42H68O36S2/c1-12-24(46)34(77-79(60,61)62)31(53)41(71-12)68-8-15-14(7-67-39-29(51)19(45)3-20(75-39)36(55)56)23(73-21(4-43)26(15)48)11-66-6-18-28(50)30(52)40(76-33(18)37(57)58)70-10-17-16(27(49)22(5-44)74-38(17)59)9-69-42-32(54)35(78-80(63,64)65)25(47)13(2)72-42/h3,12-19,21-35,38-54,59H,4-11H2,1-2H3,(H,55,56)(H,57,58)(H,60,61,62)(H,63,64,65)/t12?,13?,14?,15?,16?,17?,18-,19?,21?,22?,23+,24+,25+,26-,27-,28?,29?,30?,31?,32?,33?,34?,35?,38+,39+,40+,41+,42+/m0/s1. The zero-order chi connectivity index (χ0) is 59.5. The van der Waals surface area contributed by atoms with Gasteiger partial charge in [0, 0.05) is 29.6 Å². The van der Waals surface area contributed by atoms with E-state index in [0.717, 1.165) is 0 Å². The van der Waals surface area contributed by atoms with Gasteiger partial charge in [-0.15, -0.1) is 0 Å². The van der Waals surface area contributed by atoms with Crippen LogP contribution in [0, 0.1) is 29.6 Å². The number of rotatable bonds is 24. The van der Waals surface area contributed by atoms with Crippen molar-refractivity contribution in [2.45, 2.75) is 155 Å². The van der Waals surface area contributed by atoms with Crippen LogP contribution < -0.4 is 0 Å². The number of aliphatic hydroxyl groups excluding tert-OH is 13. The molecule has 17 unspecified atom stereocenters. The van der Waals surface area contributed by atoms with Crippen molar-refractivity contribution in [3.8, 4) is 0 Å². The van der Waals surface area contributed by atoms with Crippen molar-refractivity contribution in [3.63, 3.8) is 0 Å². The van der Waals surface area contributed by atoms with Crippen LogP contribution in [0.5, 0.6) is 0 Å². The molecule has 80 heavy (non-hydrogen) atoms. The minimum absolute atomic E-state index is 0.677. The van der Waals surface area contributed by atoms with Crippen molar-refractivity contribution in [1.82, 2.24) is 0 Å². The molecule has 0 saturated carbocycles. The molecule has 28 atom stereocenters. The molecule has 0 bridgehead atoms. The molecule has 464 valence electrons. The Labute approximate surface area is 453 Å². The summed E-state index contributed by atoms with van der Waals surface area (Å²) in [6.45, 7) is -3.86. The lowest BCUT2D eigenvalue weighted by Crippen LogP contribution is -2.61. The third kappa shape index (κ3) is 16.0. The Balaban J connectivity index is 1.16. The summed E-state index contributed by atoms with van der Waals surface area (Å²) in [5, 5.41) is 160. The number of hydrogen-bond donors (Lipinski definition) is 17. The van der Waals surface area contributed by atoms with E-state index in [0.29, 0.717) is 6.08 Å². The van der Waals surface area contributed by atoms with E-state index in [1.165, 1.54) is 13.8 Å². The molecular formula is C42H68O36S2. The summed E-state index contributed by atoms with van der Waals surface area (Å²) in [5.74, 6) is -11.5. The van der Waals surface area contributed by atoms with Gasteiger partial charge in [0.15, 0.2) is 31.3 Å². The van der Waals surface area contributed by atoms with Crippen molar-refractivity contribution < 1.29 is 173 Å². The van der Waals surface area contributed by atoms with Crippen molar-refractivity contribution in [2.75, 3.05) is 52.9 Å². The fourth-order valence-corrected chi connectivity index (χ4v) is 11.0. The molecule has 0 radical (unpaired) electrons. The highest BCUT2D eigenvalue weighted by Crippen LogP contribution is 2.38. The maximum Gasteiger partial charge on any atom is 0.397 e. The number of aliphatic hydroxyl groups is 13. The van der Waals surface area contributed by atoms with Crippen LogP contribution in [0.1, 0.15) is 13.8 Å². The zero-order valence-electron chi connectivity index (χ0n) is 42.1. The van der Waals surface area contributed by atoms with Crippen molar-refractivity contribution >= 4 is 32.7 Å². The smallest absolute Gasteiger partial charge is 0.397 e. The molecule has 0 aromatic rings. The molecule has 0 aromatic carbocycles. The van der Waals surface area contributed by atoms with E-state index in [2.05, 4.69) is 8.37 Å². The van der Waals surface area contributed by atoms with E-state index in [9.17, 15) is 112 Å². The maximum absolute atomic E-state index is 12.7. The summed E-state index contributed by atoms with van der Waals surface area (Å²) < 4.78 is 135. The largest absolute Gasteiger partial charge is 0.479 e. The molecule has 17 N–H and O–H groups in total. The number of aliphatic carboxylic acids is 2. The molecule has 0 amide bonds. The van der Waals surface area contributed by atoms with Gasteiger partial charge in [0.2, 0.25) is 12.0 Å². The number of carboxylic acids is 2. The molecule has 6 heterocycles. The van der Waals surface area contributed by atoms with E-state index >= 15 is 0 Å². The third-order valence-electron chi connectivity index (χ3n) is 14.4. The molecule has 38 heteroatoms. The fraction of sp³-hybridized carbons (Fsp3) is 0.905. The first kappa shape index (κ1) is 66.4. The predicted molar refractivity (Wildman–Crippen MR) is 244 cm³/mol. The van der Waals surface area contributed by atoms with E-state index in [1.807, 2.05) is 0 Å². The quantitative estimate of drug-likeness (QED) is 0.0399. The normalized spacial score (nSPS) is 44.9. The minimum atomic E-state index is -5.28. The molecule has 0 aliphatic carbocycles. The van der Waals surface area contributed by atoms with Crippen LogP contribution in [0.25, 0.3) is 0 Å². The average Bonchev–Trinajstić information content (AvgIpc) is 3.42. The van der Waals surface area contributed by atoms with Crippen molar-refractivity contribution in [1.29, 1.82) is 0 Å². The molecular weight excluding hydrogens is 1140 g/mol. The van der Waals surface area contributed by atoms with Crippen molar-refractivity contribution in [3.05, 3.63) is 11.8 Å². The average molecular weight is 1210 g/mol. The highest BCUT2D eigenvalue weighted by molar-refractivity contribution is 7.81. The first-order chi connectivity index (χ1) is 37.4. The number of ether oxygens (including phenoxy) is 11. The van der Waals surface area contributed by atoms with Gasteiger partial charge in [-0.25, -0.2) is 18.0 Å². The molecule has 0 spiro atoms. The van der Waals surface area contributed by atoms with E-state index in [-0.39, 0.29) is 0 Å². The van der Waals surface area contributed by atoms with Crippen LogP contribution in [0.4, 0.5) is 0 Å². The Morgan fingerprint density at radius 2 is 0.938 bits per heavy atom. The lowest BCUT2D eigenvalue weighted by atomic mass is 9.79. The van der Waals surface area contributed by atoms with Gasteiger partial charge in [-0.2, -0.15) is 16.8 Å². The Morgan fingerprint density at radius 1 is 0.487 bits per heavy atom. The van der Waals surface area contributed by atoms with Gasteiger partial charge in [0.05, 0.1) is 89.5 Å². The fourth-order valence-electron chi connectivity index (χ4n) is 9.97. The first-order valence-corrected chi connectivity index (χ1v) is 27.3. The Kier molecular flexibility index (Phi) is 23.3. The van der Waals surface area contributed by atoms with Gasteiger partial charge < -0.3 is 129 Å². The minimum Gasteiger partial charge on any atom is -0.479 e. The Morgan fingerprint density at radius 3 is 1.41 bits per heavy atom. The van der Waals surface area contributed by atoms with Crippen LogP contribution in [0.15, 0.2) is 11.8 Å². The van der Waals surface area contributed by atoms with Gasteiger partial charge in [0.1, 0.15) is 67.1 Å². The van der Waals surface area contributed by atoms with Crippen LogP contribution in [-0.4, -0.2) is 309 Å². The van der Waals surface area contributed by atoms with E-state index in [1.54, 1.807) is 0 Å². The summed E-state index contributed by atoms with van der Waals surface area (Å²) in [7, 11) is -10.5. The third-order valence-corrected chi connectivity index (χ3v) is 15.4. The molecule has 6 aliphatic heterocycles. The second-order valence-corrected chi connectivity index (χ2v) is 21.8. The number of hydrogen-bond acceptors (Lipinski definition) is 32. The van der Waals surface area contributed by atoms with Gasteiger partial charge >= 0.3 is 32.7 Å². The maximum atomic E-state index is 12.7. The summed E-state index contributed by atoms with van der Waals surface area (Å²) >= 11 is 0. The molecule has 6 rings (SSSR count). The Bertz CT molecular complexity index is 2280. The van der Waals surface area contributed by atoms with E-state index < -0.39 is 262 Å². The monoisotopic (exact) mass is 1210 g/mol. The van der Waals surface area contributed by atoms with Crippen molar-refractivity contribution in [2.24, 2.45) is 29.6 Å². The lowest BCUT2D eigenvalue weighted by molar-refractivity contribution is -0.322. The zero-order valence-corrected chi connectivity index (χ0v) is 43.7. The van der Waals surface area contributed by atoms with Gasteiger partial charge in [-0.1, -0.05) is 0 Å². The van der Waals surface area contributed by atoms with Gasteiger partial charge in [0.25, 0.3) is 0 Å². The summed E-state index contributed by atoms with van der Waals surface area (Å²) in [6.07, 6.45) is -41.5. The van der Waals surface area contributed by atoms with Gasteiger partial charge in [-0.05, 0) is 19.9 Å². The second kappa shape index (κ2) is 28.0. The molecule has 5 saturated heterocycles. The lowest BCUT2D eigenvalue weighted by Gasteiger charge is -2.46. The highest BCUT2D eigenvalue weighted by atomic mass is 32.3. The van der Waals surface area contributed by atoms with Crippen LogP contribution in [-0.2, 0) is 90.9 Å². The topological polar surface area (TPSA) is 566 Å². The van der Waals surface area contributed by atoms with Crippen LogP contribution in [0.3, 0.4) is 0 Å². The predicted octanol–water partition coefficient (Wildman–Crippen LogP) is -9.77. The second-order valence-electron chi connectivity index (χ2n) is 19.7. The molecule has 5 fully saturated rings.